The fraction of sp³-hybridized carbons (Fsp3) is 0.667. The minimum absolute atomic E-state index is 0.00296. The lowest BCUT2D eigenvalue weighted by Crippen LogP contribution is -2.59. The van der Waals surface area contributed by atoms with Gasteiger partial charge in [-0.1, -0.05) is 27.2 Å². The van der Waals surface area contributed by atoms with Crippen LogP contribution < -0.4 is 5.32 Å². The van der Waals surface area contributed by atoms with E-state index in [1.165, 1.54) is 0 Å². The summed E-state index contributed by atoms with van der Waals surface area (Å²) in [6, 6.07) is 1.59. The van der Waals surface area contributed by atoms with E-state index in [1.807, 2.05) is 33.9 Å². The van der Waals surface area contributed by atoms with Gasteiger partial charge in [0.05, 0.1) is 17.9 Å². The van der Waals surface area contributed by atoms with Gasteiger partial charge in [0.2, 0.25) is 11.8 Å². The Morgan fingerprint density at radius 2 is 2.14 bits per heavy atom. The molecule has 1 N–H and O–H groups in total. The number of carbonyl (C=O) groups excluding carboxylic acids is 2. The molecule has 2 rings (SSSR count). The fourth-order valence-electron chi connectivity index (χ4n) is 2.57. The third kappa shape index (κ3) is 3.25. The van der Waals surface area contributed by atoms with Crippen molar-refractivity contribution in [1.29, 1.82) is 0 Å². The van der Waals surface area contributed by atoms with Crippen molar-refractivity contribution in [3.63, 3.8) is 0 Å². The zero-order chi connectivity index (χ0) is 15.6. The van der Waals surface area contributed by atoms with Gasteiger partial charge in [-0.15, -0.1) is 0 Å². The molecule has 1 aliphatic rings. The molecule has 21 heavy (non-hydrogen) atoms. The van der Waals surface area contributed by atoms with E-state index in [2.05, 4.69) is 10.4 Å². The largest absolute Gasteiger partial charge is 0.342 e. The molecule has 0 saturated carbocycles. The number of hydrogen-bond donors (Lipinski definition) is 1. The summed E-state index contributed by atoms with van der Waals surface area (Å²) in [5.74, 6) is 0.0583. The van der Waals surface area contributed by atoms with Crippen LogP contribution in [0.2, 0.25) is 0 Å². The van der Waals surface area contributed by atoms with Gasteiger partial charge in [-0.3, -0.25) is 14.3 Å². The Kier molecular flexibility index (Phi) is 4.65. The maximum atomic E-state index is 12.5. The molecule has 2 atom stereocenters. The van der Waals surface area contributed by atoms with Gasteiger partial charge < -0.3 is 10.2 Å². The Balaban J connectivity index is 2.16. The molecule has 1 aromatic heterocycles. The van der Waals surface area contributed by atoms with Crippen LogP contribution in [-0.2, 0) is 29.6 Å². The number of rotatable bonds is 5. The Hall–Kier alpha value is -1.85. The van der Waals surface area contributed by atoms with Crippen LogP contribution in [0.1, 0.15) is 38.6 Å². The first kappa shape index (κ1) is 15.5. The van der Waals surface area contributed by atoms with E-state index in [4.69, 9.17) is 0 Å². The van der Waals surface area contributed by atoms with Crippen molar-refractivity contribution in [2.75, 3.05) is 6.54 Å². The van der Waals surface area contributed by atoms with E-state index in [0.29, 0.717) is 6.54 Å². The smallest absolute Gasteiger partial charge is 0.246 e. The second-order valence-corrected chi connectivity index (χ2v) is 5.73. The predicted octanol–water partition coefficient (Wildman–Crippen LogP) is 0.856. The minimum Gasteiger partial charge on any atom is -0.342 e. The van der Waals surface area contributed by atoms with Gasteiger partial charge in [0, 0.05) is 7.05 Å². The molecule has 1 fully saturated rings. The quantitative estimate of drug-likeness (QED) is 0.875. The molecular formula is C15H24N4O2. The van der Waals surface area contributed by atoms with Crippen molar-refractivity contribution in [2.24, 2.45) is 13.0 Å². The molecule has 0 aromatic carbocycles. The molecule has 1 aromatic rings. The molecule has 6 nitrogen and oxygen atoms in total. The molecule has 0 spiro atoms. The molecule has 6 heteroatoms. The molecule has 1 aliphatic heterocycles. The predicted molar refractivity (Wildman–Crippen MR) is 79.4 cm³/mol. The van der Waals surface area contributed by atoms with Crippen molar-refractivity contribution < 1.29 is 9.59 Å². The highest BCUT2D eigenvalue weighted by molar-refractivity contribution is 5.94. The van der Waals surface area contributed by atoms with Crippen LogP contribution in [0.3, 0.4) is 0 Å². The van der Waals surface area contributed by atoms with E-state index in [9.17, 15) is 9.59 Å². The lowest BCUT2D eigenvalue weighted by molar-refractivity contribution is -0.146. The van der Waals surface area contributed by atoms with Gasteiger partial charge in [-0.25, -0.2) is 0 Å². The van der Waals surface area contributed by atoms with E-state index in [1.54, 1.807) is 9.58 Å². The summed E-state index contributed by atoms with van der Waals surface area (Å²) in [6.45, 7) is 6.62. The number of carbonyl (C=O) groups is 2. The van der Waals surface area contributed by atoms with Gasteiger partial charge in [0.1, 0.15) is 12.6 Å². The first-order valence-corrected chi connectivity index (χ1v) is 7.56. The van der Waals surface area contributed by atoms with Crippen LogP contribution >= 0.6 is 0 Å². The second-order valence-electron chi connectivity index (χ2n) is 5.73. The second kappa shape index (κ2) is 6.28. The van der Waals surface area contributed by atoms with Gasteiger partial charge in [0.25, 0.3) is 0 Å². The van der Waals surface area contributed by atoms with Crippen molar-refractivity contribution >= 4 is 11.8 Å². The summed E-state index contributed by atoms with van der Waals surface area (Å²) < 4.78 is 1.79. The van der Waals surface area contributed by atoms with E-state index in [-0.39, 0.29) is 24.3 Å². The van der Waals surface area contributed by atoms with Crippen molar-refractivity contribution in [2.45, 2.75) is 46.2 Å². The topological polar surface area (TPSA) is 67.2 Å². The Morgan fingerprint density at radius 3 is 2.71 bits per heavy atom. The van der Waals surface area contributed by atoms with Crippen molar-refractivity contribution in [3.05, 3.63) is 17.5 Å². The molecule has 2 unspecified atom stereocenters. The van der Waals surface area contributed by atoms with Crippen LogP contribution in [0.4, 0.5) is 0 Å². The Morgan fingerprint density at radius 1 is 1.43 bits per heavy atom. The fourth-order valence-corrected chi connectivity index (χ4v) is 2.57. The zero-order valence-corrected chi connectivity index (χ0v) is 13.2. The van der Waals surface area contributed by atoms with Crippen LogP contribution in [0.15, 0.2) is 6.07 Å². The molecular weight excluding hydrogens is 268 g/mol. The number of amides is 2. The monoisotopic (exact) mass is 292 g/mol. The number of aromatic nitrogens is 2. The normalized spacial score (nSPS) is 20.6. The van der Waals surface area contributed by atoms with Crippen LogP contribution in [-0.4, -0.2) is 39.1 Å². The maximum Gasteiger partial charge on any atom is 0.246 e. The van der Waals surface area contributed by atoms with E-state index < -0.39 is 6.04 Å². The van der Waals surface area contributed by atoms with E-state index >= 15 is 0 Å². The van der Waals surface area contributed by atoms with Crippen molar-refractivity contribution in [3.8, 4) is 0 Å². The number of hydrogen-bond acceptors (Lipinski definition) is 3. The third-order valence-corrected chi connectivity index (χ3v) is 4.18. The molecule has 0 aliphatic carbocycles. The summed E-state index contributed by atoms with van der Waals surface area (Å²) in [7, 11) is 1.87. The number of aryl methyl sites for hydroxylation is 2. The summed E-state index contributed by atoms with van der Waals surface area (Å²) in [5, 5.41) is 7.20. The molecule has 0 bridgehead atoms. The summed E-state index contributed by atoms with van der Waals surface area (Å²) in [6.07, 6.45) is 1.72. The summed E-state index contributed by atoms with van der Waals surface area (Å²) in [4.78, 5) is 26.0. The average molecular weight is 292 g/mol. The highest BCUT2D eigenvalue weighted by atomic mass is 16.2. The standard InChI is InChI=1S/C15H24N4O2/c1-5-10(3)14-15(21)19(9-13(20)16-14)8-12-7-11(6-2)17-18(12)4/h7,10,14H,5-6,8-9H2,1-4H3,(H,16,20). The lowest BCUT2D eigenvalue weighted by atomic mass is 9.96. The summed E-state index contributed by atoms with van der Waals surface area (Å²) >= 11 is 0. The van der Waals surface area contributed by atoms with Crippen LogP contribution in [0.5, 0.6) is 0 Å². The molecule has 2 amide bonds. The average Bonchev–Trinajstić information content (AvgIpc) is 2.82. The van der Waals surface area contributed by atoms with E-state index in [0.717, 1.165) is 24.2 Å². The highest BCUT2D eigenvalue weighted by Crippen LogP contribution is 2.17. The summed E-state index contributed by atoms with van der Waals surface area (Å²) in [5.41, 5.74) is 1.96. The van der Waals surface area contributed by atoms with Gasteiger partial charge >= 0.3 is 0 Å². The lowest BCUT2D eigenvalue weighted by Gasteiger charge is -2.35. The molecule has 1 saturated heterocycles. The highest BCUT2D eigenvalue weighted by Gasteiger charge is 2.35. The van der Waals surface area contributed by atoms with Crippen LogP contribution in [0, 0.1) is 5.92 Å². The number of piperazine rings is 1. The Labute approximate surface area is 125 Å². The first-order chi connectivity index (χ1) is 9.96. The van der Waals surface area contributed by atoms with Gasteiger partial charge in [-0.2, -0.15) is 5.10 Å². The zero-order valence-electron chi connectivity index (χ0n) is 13.2. The molecule has 0 radical (unpaired) electrons. The first-order valence-electron chi connectivity index (χ1n) is 7.56. The number of nitrogens with one attached hydrogen (secondary N) is 1. The SMILES string of the molecule is CCc1cc(CN2CC(=O)NC(C(C)CC)C2=O)n(C)n1. The molecule has 116 valence electrons. The maximum absolute atomic E-state index is 12.5. The number of nitrogens with zero attached hydrogens (tertiary/aromatic N) is 3. The van der Waals surface area contributed by atoms with Gasteiger partial charge in [0.15, 0.2) is 0 Å². The third-order valence-electron chi connectivity index (χ3n) is 4.18. The molecule has 2 heterocycles. The van der Waals surface area contributed by atoms with Crippen LogP contribution in [0.25, 0.3) is 0 Å². The van der Waals surface area contributed by atoms with Crippen molar-refractivity contribution in [1.82, 2.24) is 20.0 Å². The van der Waals surface area contributed by atoms with Gasteiger partial charge in [-0.05, 0) is 18.4 Å². The minimum atomic E-state index is -0.407. The Bertz CT molecular complexity index is 538.